The zero-order valence-electron chi connectivity index (χ0n) is 6.89. The Balaban J connectivity index is 2.16. The summed E-state index contributed by atoms with van der Waals surface area (Å²) in [7, 11) is 0. The summed E-state index contributed by atoms with van der Waals surface area (Å²) in [5, 5.41) is 0. The molecule has 0 aliphatic carbocycles. The van der Waals surface area contributed by atoms with Crippen molar-refractivity contribution in [2.24, 2.45) is 0 Å². The van der Waals surface area contributed by atoms with Crippen molar-refractivity contribution in [2.45, 2.75) is 0 Å². The second kappa shape index (κ2) is 4.32. The second-order valence-corrected chi connectivity index (χ2v) is 5.47. The molecule has 0 bridgehead atoms. The molecule has 2 nitrogen and oxygen atoms in total. The van der Waals surface area contributed by atoms with Crippen molar-refractivity contribution in [1.29, 1.82) is 0 Å². The van der Waals surface area contributed by atoms with Crippen LogP contribution in [0.1, 0.15) is 0 Å². The predicted octanol–water partition coefficient (Wildman–Crippen LogP) is -1.39. The van der Waals surface area contributed by atoms with Gasteiger partial charge in [0.15, 0.2) is 0 Å². The van der Waals surface area contributed by atoms with Crippen LogP contribution in [0.25, 0.3) is 0 Å². The van der Waals surface area contributed by atoms with Gasteiger partial charge in [-0.05, 0) is 24.3 Å². The highest BCUT2D eigenvalue weighted by Gasteiger charge is 2.14. The molecule has 0 spiro atoms. The Hall–Kier alpha value is -0.970. The molecule has 0 aliphatic rings. The Labute approximate surface area is 87.3 Å². The minimum Gasteiger partial charge on any atom is -0.260 e. The Bertz CT molecular complexity index is 324. The SMILES string of the molecule is c1cncc([I+]c2cccnc2)c1. The van der Waals surface area contributed by atoms with Crippen LogP contribution in [0, 0.1) is 7.14 Å². The van der Waals surface area contributed by atoms with Crippen molar-refractivity contribution in [1.82, 2.24) is 9.97 Å². The first-order valence-electron chi connectivity index (χ1n) is 3.90. The minimum absolute atomic E-state index is 0.0963. The molecule has 2 heterocycles. The van der Waals surface area contributed by atoms with Crippen LogP contribution >= 0.6 is 0 Å². The van der Waals surface area contributed by atoms with Gasteiger partial charge in [-0.15, -0.1) is 0 Å². The lowest BCUT2D eigenvalue weighted by molar-refractivity contribution is -0.598. The first kappa shape index (κ1) is 8.62. The zero-order chi connectivity index (χ0) is 8.93. The van der Waals surface area contributed by atoms with Gasteiger partial charge in [0.2, 0.25) is 7.14 Å². The van der Waals surface area contributed by atoms with E-state index >= 15 is 0 Å². The maximum Gasteiger partial charge on any atom is 0.361 e. The van der Waals surface area contributed by atoms with Crippen LogP contribution in [0.4, 0.5) is 0 Å². The number of rotatable bonds is 2. The molecule has 0 fully saturated rings. The molecule has 2 aromatic rings. The third kappa shape index (κ3) is 2.48. The largest absolute Gasteiger partial charge is 0.361 e. The molecule has 2 aromatic heterocycles. The smallest absolute Gasteiger partial charge is 0.260 e. The van der Waals surface area contributed by atoms with Gasteiger partial charge in [0.05, 0.1) is 12.4 Å². The average molecular weight is 283 g/mol. The summed E-state index contributed by atoms with van der Waals surface area (Å²) in [6.07, 6.45) is 7.47. The van der Waals surface area contributed by atoms with Gasteiger partial charge in [-0.25, -0.2) is 0 Å². The quantitative estimate of drug-likeness (QED) is 0.634. The molecule has 0 aromatic carbocycles. The van der Waals surface area contributed by atoms with E-state index in [1.54, 1.807) is 12.4 Å². The van der Waals surface area contributed by atoms with Gasteiger partial charge in [0, 0.05) is 12.4 Å². The summed E-state index contributed by atoms with van der Waals surface area (Å²) in [6.45, 7) is 0. The van der Waals surface area contributed by atoms with Crippen LogP contribution in [0.15, 0.2) is 49.1 Å². The minimum atomic E-state index is -0.0963. The molecule has 0 aliphatic heterocycles. The summed E-state index contributed by atoms with van der Waals surface area (Å²) in [4.78, 5) is 8.18. The van der Waals surface area contributed by atoms with E-state index in [1.807, 2.05) is 24.5 Å². The number of aromatic nitrogens is 2. The molecule has 0 radical (unpaired) electrons. The Morgan fingerprint density at radius 1 is 0.846 bits per heavy atom. The first-order chi connectivity index (χ1) is 6.45. The summed E-state index contributed by atoms with van der Waals surface area (Å²) >= 11 is -0.0963. The molecule has 0 saturated carbocycles. The molecule has 0 atom stereocenters. The standard InChI is InChI=1S/C10H8IN2/c1-3-9(7-12-5-1)11-10-4-2-6-13-8-10/h1-8H/q+1. The molecule has 0 amide bonds. The Kier molecular flexibility index (Phi) is 2.86. The van der Waals surface area contributed by atoms with Gasteiger partial charge in [-0.1, -0.05) is 0 Å². The molecule has 0 N–H and O–H groups in total. The Morgan fingerprint density at radius 2 is 1.38 bits per heavy atom. The van der Waals surface area contributed by atoms with Crippen LogP contribution in [0.5, 0.6) is 0 Å². The Morgan fingerprint density at radius 3 is 1.77 bits per heavy atom. The van der Waals surface area contributed by atoms with E-state index in [-0.39, 0.29) is 21.2 Å². The van der Waals surface area contributed by atoms with Crippen LogP contribution in [-0.2, 0) is 0 Å². The normalized spacial score (nSPS) is 9.85. The van der Waals surface area contributed by atoms with Crippen molar-refractivity contribution in [2.75, 3.05) is 0 Å². The van der Waals surface area contributed by atoms with Crippen LogP contribution in [-0.4, -0.2) is 9.97 Å². The number of hydrogen-bond acceptors (Lipinski definition) is 2. The lowest BCUT2D eigenvalue weighted by atomic mass is 10.5. The third-order valence-electron chi connectivity index (χ3n) is 1.47. The van der Waals surface area contributed by atoms with Gasteiger partial charge < -0.3 is 0 Å². The molecular formula is C10H8IN2+. The third-order valence-corrected chi connectivity index (χ3v) is 3.99. The zero-order valence-corrected chi connectivity index (χ0v) is 9.05. The highest BCUT2D eigenvalue weighted by molar-refractivity contribution is 4.92. The lowest BCUT2D eigenvalue weighted by Gasteiger charge is -1.83. The van der Waals surface area contributed by atoms with E-state index in [4.69, 9.17) is 0 Å². The van der Waals surface area contributed by atoms with Gasteiger partial charge in [0.1, 0.15) is 0 Å². The lowest BCUT2D eigenvalue weighted by Crippen LogP contribution is -3.61. The maximum atomic E-state index is 4.09. The van der Waals surface area contributed by atoms with E-state index in [9.17, 15) is 0 Å². The molecule has 13 heavy (non-hydrogen) atoms. The fourth-order valence-corrected chi connectivity index (χ4v) is 3.02. The molecular weight excluding hydrogens is 275 g/mol. The molecule has 64 valence electrons. The highest BCUT2D eigenvalue weighted by atomic mass is 127. The number of halogens is 1. The molecule has 0 saturated heterocycles. The van der Waals surface area contributed by atoms with Gasteiger partial charge >= 0.3 is 21.2 Å². The summed E-state index contributed by atoms with van der Waals surface area (Å²) in [5.74, 6) is 0. The van der Waals surface area contributed by atoms with Crippen molar-refractivity contribution in [3.63, 3.8) is 0 Å². The van der Waals surface area contributed by atoms with E-state index in [0.29, 0.717) is 0 Å². The summed E-state index contributed by atoms with van der Waals surface area (Å²) in [5.41, 5.74) is 0. The number of pyridine rings is 2. The average Bonchev–Trinajstić information content (AvgIpc) is 2.21. The van der Waals surface area contributed by atoms with Crippen LogP contribution in [0.2, 0.25) is 0 Å². The van der Waals surface area contributed by atoms with E-state index in [1.165, 1.54) is 7.14 Å². The van der Waals surface area contributed by atoms with Crippen molar-refractivity contribution in [3.8, 4) is 0 Å². The topological polar surface area (TPSA) is 25.8 Å². The fraction of sp³-hybridized carbons (Fsp3) is 0. The van der Waals surface area contributed by atoms with Gasteiger partial charge in [-0.2, -0.15) is 0 Å². The van der Waals surface area contributed by atoms with E-state index in [2.05, 4.69) is 22.1 Å². The van der Waals surface area contributed by atoms with Crippen molar-refractivity contribution in [3.05, 3.63) is 56.2 Å². The van der Waals surface area contributed by atoms with Crippen molar-refractivity contribution >= 4 is 0 Å². The van der Waals surface area contributed by atoms with E-state index in [0.717, 1.165) is 0 Å². The second-order valence-electron chi connectivity index (χ2n) is 2.44. The van der Waals surface area contributed by atoms with Crippen molar-refractivity contribution < 1.29 is 21.2 Å². The highest BCUT2D eigenvalue weighted by Crippen LogP contribution is 1.80. The first-order valence-corrected chi connectivity index (χ1v) is 6.06. The number of nitrogens with zero attached hydrogens (tertiary/aromatic N) is 2. The molecule has 2 rings (SSSR count). The van der Waals surface area contributed by atoms with Crippen LogP contribution in [0.3, 0.4) is 0 Å². The van der Waals surface area contributed by atoms with Gasteiger partial charge in [0.25, 0.3) is 0 Å². The maximum absolute atomic E-state index is 4.09. The van der Waals surface area contributed by atoms with E-state index < -0.39 is 0 Å². The fourth-order valence-electron chi connectivity index (χ4n) is 0.922. The molecule has 0 unspecified atom stereocenters. The predicted molar refractivity (Wildman–Crippen MR) is 45.9 cm³/mol. The summed E-state index contributed by atoms with van der Waals surface area (Å²) < 4.78 is 2.66. The number of hydrogen-bond donors (Lipinski definition) is 0. The van der Waals surface area contributed by atoms with Gasteiger partial charge in [-0.3, -0.25) is 9.97 Å². The monoisotopic (exact) mass is 283 g/mol. The van der Waals surface area contributed by atoms with Crippen LogP contribution < -0.4 is 21.2 Å². The summed E-state index contributed by atoms with van der Waals surface area (Å²) in [6, 6.07) is 8.19. The molecule has 3 heteroatoms.